The lowest BCUT2D eigenvalue weighted by Gasteiger charge is -2.21. The van der Waals surface area contributed by atoms with Gasteiger partial charge in [0.05, 0.1) is 24.5 Å². The Morgan fingerprint density at radius 3 is 2.62 bits per heavy atom. The Morgan fingerprint density at radius 1 is 1.21 bits per heavy atom. The molecule has 1 aromatic heterocycles. The first kappa shape index (κ1) is 21.4. The van der Waals surface area contributed by atoms with Gasteiger partial charge in [0.1, 0.15) is 11.2 Å². The van der Waals surface area contributed by atoms with Crippen molar-refractivity contribution in [3.63, 3.8) is 0 Å². The fourth-order valence-corrected chi connectivity index (χ4v) is 4.77. The molecule has 9 nitrogen and oxygen atoms in total. The van der Waals surface area contributed by atoms with Crippen molar-refractivity contribution in [3.8, 4) is 5.69 Å². The van der Waals surface area contributed by atoms with Crippen molar-refractivity contribution < 1.29 is 17.9 Å². The molecule has 0 saturated heterocycles. The predicted octanol–water partition coefficient (Wildman–Crippen LogP) is 0.657. The summed E-state index contributed by atoms with van der Waals surface area (Å²) in [6.45, 7) is 1.74. The van der Waals surface area contributed by atoms with Crippen LogP contribution in [0, 0.1) is 0 Å². The van der Waals surface area contributed by atoms with E-state index in [2.05, 4.69) is 4.98 Å². The Bertz CT molecular complexity index is 986. The van der Waals surface area contributed by atoms with E-state index >= 15 is 0 Å². The third kappa shape index (κ3) is 4.20. The lowest BCUT2D eigenvalue weighted by Crippen LogP contribution is -2.36. The van der Waals surface area contributed by atoms with Gasteiger partial charge in [0, 0.05) is 33.8 Å². The van der Waals surface area contributed by atoms with Crippen LogP contribution in [0.5, 0.6) is 0 Å². The lowest BCUT2D eigenvalue weighted by molar-refractivity contribution is 0.0779. The van der Waals surface area contributed by atoms with Crippen molar-refractivity contribution in [3.05, 3.63) is 42.0 Å². The number of carbonyl (C=O) groups excluding carboxylic acids is 1. The van der Waals surface area contributed by atoms with E-state index in [1.54, 1.807) is 40.8 Å². The zero-order valence-corrected chi connectivity index (χ0v) is 18.0. The van der Waals surface area contributed by atoms with Crippen LogP contribution in [0.25, 0.3) is 5.69 Å². The van der Waals surface area contributed by atoms with E-state index in [0.29, 0.717) is 17.9 Å². The molecule has 29 heavy (non-hydrogen) atoms. The van der Waals surface area contributed by atoms with E-state index in [9.17, 15) is 13.2 Å². The molecule has 1 amide bonds. The highest BCUT2D eigenvalue weighted by Crippen LogP contribution is 2.31. The summed E-state index contributed by atoms with van der Waals surface area (Å²) >= 11 is 0. The van der Waals surface area contributed by atoms with E-state index in [-0.39, 0.29) is 36.2 Å². The molecule has 0 aliphatic carbocycles. The van der Waals surface area contributed by atoms with Crippen LogP contribution >= 0.6 is 0 Å². The molecule has 0 unspecified atom stereocenters. The molecule has 1 aliphatic heterocycles. The fourth-order valence-electron chi connectivity index (χ4n) is 3.20. The highest BCUT2D eigenvalue weighted by molar-refractivity contribution is 7.89. The molecule has 2 aromatic rings. The maximum absolute atomic E-state index is 13.2. The summed E-state index contributed by atoms with van der Waals surface area (Å²) in [7, 11) is 3.39. The van der Waals surface area contributed by atoms with Crippen LogP contribution in [0.3, 0.4) is 0 Å². The number of hydrogen-bond donors (Lipinski definition) is 0. The van der Waals surface area contributed by atoms with Crippen molar-refractivity contribution in [1.82, 2.24) is 23.7 Å². The van der Waals surface area contributed by atoms with Gasteiger partial charge >= 0.3 is 0 Å². The van der Waals surface area contributed by atoms with E-state index in [0.717, 1.165) is 6.54 Å². The zero-order valence-electron chi connectivity index (χ0n) is 17.2. The molecule has 0 spiro atoms. The number of benzene rings is 1. The van der Waals surface area contributed by atoms with Crippen LogP contribution in [-0.4, -0.2) is 92.5 Å². The Hall–Kier alpha value is -2.27. The quantitative estimate of drug-likeness (QED) is 0.653. The highest BCUT2D eigenvalue weighted by Gasteiger charge is 2.35. The third-order valence-corrected chi connectivity index (χ3v) is 6.80. The Balaban J connectivity index is 2.06. The second kappa shape index (κ2) is 8.62. The Morgan fingerprint density at radius 2 is 1.93 bits per heavy atom. The number of fused-ring (bicyclic) bond motifs is 3. The average Bonchev–Trinajstić information content (AvgIpc) is 3.08. The largest absolute Gasteiger partial charge is 0.383 e. The van der Waals surface area contributed by atoms with Crippen molar-refractivity contribution >= 4 is 15.9 Å². The van der Waals surface area contributed by atoms with Gasteiger partial charge in [-0.1, -0.05) is 12.1 Å². The van der Waals surface area contributed by atoms with Gasteiger partial charge in [-0.15, -0.1) is 0 Å². The Labute approximate surface area is 171 Å². The van der Waals surface area contributed by atoms with Crippen LogP contribution in [0.2, 0.25) is 0 Å². The van der Waals surface area contributed by atoms with Crippen LogP contribution in [0.1, 0.15) is 16.2 Å². The summed E-state index contributed by atoms with van der Waals surface area (Å²) in [6, 6.07) is 6.76. The summed E-state index contributed by atoms with van der Waals surface area (Å²) in [4.78, 5) is 21.2. The summed E-state index contributed by atoms with van der Waals surface area (Å²) in [5.74, 6) is -0.232. The number of likely N-dealkylation sites (N-methyl/N-ethyl adjacent to an activating group) is 2. The number of amides is 1. The molecular weight excluding hydrogens is 394 g/mol. The summed E-state index contributed by atoms with van der Waals surface area (Å²) in [6.07, 6.45) is 1.52. The molecule has 3 rings (SSSR count). The van der Waals surface area contributed by atoms with E-state index < -0.39 is 10.0 Å². The number of hydrogen-bond acceptors (Lipinski definition) is 6. The van der Waals surface area contributed by atoms with Gasteiger partial charge in [-0.3, -0.25) is 9.36 Å². The summed E-state index contributed by atoms with van der Waals surface area (Å²) in [5.41, 5.74) is 1.31. The van der Waals surface area contributed by atoms with Crippen molar-refractivity contribution in [2.45, 2.75) is 11.4 Å². The molecule has 0 radical (unpaired) electrons. The second-order valence-electron chi connectivity index (χ2n) is 7.24. The lowest BCUT2D eigenvalue weighted by atomic mass is 10.2. The number of para-hydroxylation sites is 1. The number of nitrogens with zero attached hydrogens (tertiary/aromatic N) is 5. The first-order chi connectivity index (χ1) is 13.8. The molecule has 0 bridgehead atoms. The molecule has 0 saturated carbocycles. The number of methoxy groups -OCH3 is 1. The average molecular weight is 422 g/mol. The van der Waals surface area contributed by atoms with Crippen LogP contribution in [0.4, 0.5) is 0 Å². The molecule has 1 aliphatic rings. The van der Waals surface area contributed by atoms with Gasteiger partial charge in [0.15, 0.2) is 5.69 Å². The zero-order chi connectivity index (χ0) is 21.2. The van der Waals surface area contributed by atoms with Gasteiger partial charge < -0.3 is 14.5 Å². The summed E-state index contributed by atoms with van der Waals surface area (Å²) < 4.78 is 34.6. The number of aromatic nitrogens is 2. The normalized spacial score (nSPS) is 15.6. The number of rotatable bonds is 7. The van der Waals surface area contributed by atoms with Crippen molar-refractivity contribution in [1.29, 1.82) is 0 Å². The molecule has 0 atom stereocenters. The number of ether oxygens (including phenoxy) is 1. The maximum atomic E-state index is 13.2. The topological polar surface area (TPSA) is 88.0 Å². The molecule has 158 valence electrons. The van der Waals surface area contributed by atoms with Gasteiger partial charge in [0.25, 0.3) is 5.91 Å². The second-order valence-corrected chi connectivity index (χ2v) is 9.15. The van der Waals surface area contributed by atoms with E-state index in [1.165, 1.54) is 17.7 Å². The number of carbonyl (C=O) groups is 1. The first-order valence-electron chi connectivity index (χ1n) is 9.32. The minimum absolute atomic E-state index is 0.0446. The number of sulfonamides is 1. The molecule has 0 N–H and O–H groups in total. The minimum Gasteiger partial charge on any atom is -0.383 e. The highest BCUT2D eigenvalue weighted by atomic mass is 32.2. The van der Waals surface area contributed by atoms with Gasteiger partial charge in [-0.25, -0.2) is 13.4 Å². The van der Waals surface area contributed by atoms with E-state index in [1.807, 2.05) is 19.0 Å². The Kier molecular flexibility index (Phi) is 6.37. The van der Waals surface area contributed by atoms with Crippen molar-refractivity contribution in [2.24, 2.45) is 0 Å². The van der Waals surface area contributed by atoms with Crippen LogP contribution in [-0.2, 0) is 21.3 Å². The number of imidazole rings is 1. The SMILES string of the molecule is COCCN1Cc2c(C(=O)N(C)CCN(C)C)ncn2-c2ccccc2S1(=O)=O. The van der Waals surface area contributed by atoms with Crippen LogP contribution in [0.15, 0.2) is 35.5 Å². The van der Waals surface area contributed by atoms with E-state index in [4.69, 9.17) is 4.74 Å². The van der Waals surface area contributed by atoms with Crippen molar-refractivity contribution in [2.75, 3.05) is 54.5 Å². The first-order valence-corrected chi connectivity index (χ1v) is 10.8. The van der Waals surface area contributed by atoms with Gasteiger partial charge in [-0.05, 0) is 26.2 Å². The van der Waals surface area contributed by atoms with Crippen LogP contribution < -0.4 is 0 Å². The molecule has 10 heteroatoms. The smallest absolute Gasteiger partial charge is 0.274 e. The molecular formula is C19H27N5O4S. The third-order valence-electron chi connectivity index (χ3n) is 4.91. The van der Waals surface area contributed by atoms with Gasteiger partial charge in [0.2, 0.25) is 10.0 Å². The molecule has 2 heterocycles. The predicted molar refractivity (Wildman–Crippen MR) is 109 cm³/mol. The fraction of sp³-hybridized carbons (Fsp3) is 0.474. The molecule has 0 fully saturated rings. The maximum Gasteiger partial charge on any atom is 0.274 e. The standard InChI is InChI=1S/C19H27N5O4S/c1-21(2)9-10-22(3)19(25)18-16-13-23(11-12-28-4)29(26,27)17-8-6-5-7-15(17)24(16)14-20-18/h5-8,14H,9-13H2,1-4H3. The minimum atomic E-state index is -3.74. The van der Waals surface area contributed by atoms with Gasteiger partial charge in [-0.2, -0.15) is 4.31 Å². The monoisotopic (exact) mass is 421 g/mol. The summed E-state index contributed by atoms with van der Waals surface area (Å²) in [5, 5.41) is 0. The molecule has 1 aromatic carbocycles.